The molecule has 0 heterocycles. The van der Waals surface area contributed by atoms with Crippen LogP contribution in [0.5, 0.6) is 0 Å². The zero-order valence-electron chi connectivity index (χ0n) is 14.9. The molecule has 1 aromatic rings. The minimum Gasteiger partial charge on any atom is -0.430 e. The monoisotopic (exact) mass is 328 g/mol. The Morgan fingerprint density at radius 3 is 2.46 bits per heavy atom. The number of ketones is 1. The lowest BCUT2D eigenvalue weighted by molar-refractivity contribution is -0.139. The third kappa shape index (κ3) is 5.33. The summed E-state index contributed by atoms with van der Waals surface area (Å²) in [4.78, 5) is 24.5. The average Bonchev–Trinajstić information content (AvgIpc) is 2.56. The Balaban J connectivity index is 2.03. The number of carbonyl (C=O) groups excluding carboxylic acids is 2. The van der Waals surface area contributed by atoms with Gasteiger partial charge in [0.05, 0.1) is 5.57 Å². The molecule has 0 saturated heterocycles. The van der Waals surface area contributed by atoms with E-state index in [4.69, 9.17) is 4.74 Å². The first-order valence-corrected chi connectivity index (χ1v) is 9.16. The molecular formula is C21H28O3. The molecule has 1 aliphatic carbocycles. The van der Waals surface area contributed by atoms with Gasteiger partial charge in [0, 0.05) is 19.3 Å². The van der Waals surface area contributed by atoms with Gasteiger partial charge < -0.3 is 4.74 Å². The van der Waals surface area contributed by atoms with Crippen LogP contribution in [0.15, 0.2) is 30.0 Å². The lowest BCUT2D eigenvalue weighted by atomic mass is 9.90. The van der Waals surface area contributed by atoms with Crippen molar-refractivity contribution in [2.75, 3.05) is 0 Å². The van der Waals surface area contributed by atoms with Crippen molar-refractivity contribution in [1.82, 2.24) is 0 Å². The van der Waals surface area contributed by atoms with Gasteiger partial charge in [0.2, 0.25) is 0 Å². The van der Waals surface area contributed by atoms with Crippen molar-refractivity contribution in [3.63, 3.8) is 0 Å². The minimum atomic E-state index is -0.208. The van der Waals surface area contributed by atoms with Crippen LogP contribution in [0.3, 0.4) is 0 Å². The molecule has 3 nitrogen and oxygen atoms in total. The van der Waals surface area contributed by atoms with E-state index in [2.05, 4.69) is 6.92 Å². The van der Waals surface area contributed by atoms with Crippen LogP contribution in [0, 0.1) is 6.92 Å². The Bertz CT molecular complexity index is 596. The summed E-state index contributed by atoms with van der Waals surface area (Å²) in [5.41, 5.74) is 2.60. The van der Waals surface area contributed by atoms with Gasteiger partial charge in [-0.2, -0.15) is 0 Å². The van der Waals surface area contributed by atoms with E-state index >= 15 is 0 Å². The van der Waals surface area contributed by atoms with Crippen LogP contribution in [0.25, 0.3) is 5.57 Å². The highest BCUT2D eigenvalue weighted by Crippen LogP contribution is 2.31. The molecule has 0 bridgehead atoms. The highest BCUT2D eigenvalue weighted by molar-refractivity contribution is 6.22. The fourth-order valence-corrected chi connectivity index (χ4v) is 3.02. The topological polar surface area (TPSA) is 43.4 Å². The molecule has 1 aliphatic rings. The molecule has 130 valence electrons. The van der Waals surface area contributed by atoms with Crippen LogP contribution >= 0.6 is 0 Å². The van der Waals surface area contributed by atoms with Crippen molar-refractivity contribution < 1.29 is 14.3 Å². The number of hydrogen-bond acceptors (Lipinski definition) is 3. The van der Waals surface area contributed by atoms with Crippen molar-refractivity contribution in [3.8, 4) is 0 Å². The van der Waals surface area contributed by atoms with E-state index in [0.29, 0.717) is 30.6 Å². The second-order valence-corrected chi connectivity index (χ2v) is 6.58. The van der Waals surface area contributed by atoms with Crippen LogP contribution in [-0.4, -0.2) is 11.8 Å². The maximum atomic E-state index is 12.4. The van der Waals surface area contributed by atoms with E-state index in [1.807, 2.05) is 31.2 Å². The van der Waals surface area contributed by atoms with Crippen molar-refractivity contribution >= 4 is 17.3 Å². The molecule has 3 heteroatoms. The van der Waals surface area contributed by atoms with Gasteiger partial charge >= 0.3 is 5.97 Å². The summed E-state index contributed by atoms with van der Waals surface area (Å²) < 4.78 is 5.59. The van der Waals surface area contributed by atoms with Crippen molar-refractivity contribution in [1.29, 1.82) is 0 Å². The molecule has 0 N–H and O–H groups in total. The quantitative estimate of drug-likeness (QED) is 0.476. The number of esters is 1. The summed E-state index contributed by atoms with van der Waals surface area (Å²) in [7, 11) is 0. The molecule has 0 aliphatic heterocycles. The molecule has 0 amide bonds. The summed E-state index contributed by atoms with van der Waals surface area (Å²) in [6.07, 6.45) is 7.88. The first-order valence-electron chi connectivity index (χ1n) is 9.16. The second-order valence-electron chi connectivity index (χ2n) is 6.58. The van der Waals surface area contributed by atoms with Gasteiger partial charge in [-0.25, -0.2) is 0 Å². The summed E-state index contributed by atoms with van der Waals surface area (Å²) in [5, 5.41) is 0. The Labute approximate surface area is 145 Å². The van der Waals surface area contributed by atoms with Gasteiger partial charge in [-0.3, -0.25) is 9.59 Å². The molecule has 2 rings (SSSR count). The third-order valence-corrected chi connectivity index (χ3v) is 4.43. The fourth-order valence-electron chi connectivity index (χ4n) is 3.02. The van der Waals surface area contributed by atoms with Crippen LogP contribution in [0.2, 0.25) is 0 Å². The number of Topliss-reactive ketones (excluding diaryl/α,β-unsaturated/α-hetero) is 1. The lowest BCUT2D eigenvalue weighted by Gasteiger charge is -2.19. The number of aryl methyl sites for hydroxylation is 1. The molecule has 0 radical (unpaired) electrons. The zero-order chi connectivity index (χ0) is 17.4. The first-order chi connectivity index (χ1) is 11.6. The SMILES string of the molecule is CCCCCCCC(=O)OC1=C(c2ccc(C)cc2)C(=O)CCC1. The van der Waals surface area contributed by atoms with Crippen LogP contribution in [0.1, 0.15) is 75.8 Å². The number of allylic oxidation sites excluding steroid dienone is 2. The van der Waals surface area contributed by atoms with Crippen molar-refractivity contribution in [2.24, 2.45) is 0 Å². The highest BCUT2D eigenvalue weighted by atomic mass is 16.5. The molecule has 24 heavy (non-hydrogen) atoms. The Kier molecular flexibility index (Phi) is 7.23. The Morgan fingerprint density at radius 2 is 1.75 bits per heavy atom. The first kappa shape index (κ1) is 18.4. The van der Waals surface area contributed by atoms with Crippen molar-refractivity contribution in [3.05, 3.63) is 41.2 Å². The molecular weight excluding hydrogens is 300 g/mol. The lowest BCUT2D eigenvalue weighted by Crippen LogP contribution is -2.15. The largest absolute Gasteiger partial charge is 0.430 e. The number of benzene rings is 1. The van der Waals surface area contributed by atoms with Crippen LogP contribution < -0.4 is 0 Å². The molecule has 1 aromatic carbocycles. The molecule has 0 fully saturated rings. The van der Waals surface area contributed by atoms with Gasteiger partial charge in [-0.05, 0) is 25.3 Å². The fraction of sp³-hybridized carbons (Fsp3) is 0.524. The summed E-state index contributed by atoms with van der Waals surface area (Å²) in [5.74, 6) is 0.435. The van der Waals surface area contributed by atoms with Gasteiger partial charge in [0.1, 0.15) is 5.76 Å². The predicted octanol–water partition coefficient (Wildman–Crippen LogP) is 5.36. The van der Waals surface area contributed by atoms with Gasteiger partial charge in [-0.1, -0.05) is 62.4 Å². The number of rotatable bonds is 8. The van der Waals surface area contributed by atoms with E-state index in [-0.39, 0.29) is 11.8 Å². The maximum Gasteiger partial charge on any atom is 0.310 e. The Morgan fingerprint density at radius 1 is 1.04 bits per heavy atom. The third-order valence-electron chi connectivity index (χ3n) is 4.43. The maximum absolute atomic E-state index is 12.4. The van der Waals surface area contributed by atoms with E-state index < -0.39 is 0 Å². The van der Waals surface area contributed by atoms with Gasteiger partial charge in [-0.15, -0.1) is 0 Å². The molecule has 0 unspecified atom stereocenters. The highest BCUT2D eigenvalue weighted by Gasteiger charge is 2.24. The number of carbonyl (C=O) groups is 2. The number of unbranched alkanes of at least 4 members (excludes halogenated alkanes) is 4. The smallest absolute Gasteiger partial charge is 0.310 e. The normalized spacial score (nSPS) is 14.8. The van der Waals surface area contributed by atoms with E-state index in [9.17, 15) is 9.59 Å². The van der Waals surface area contributed by atoms with E-state index in [1.54, 1.807) is 0 Å². The zero-order valence-corrected chi connectivity index (χ0v) is 14.9. The molecule has 0 aromatic heterocycles. The minimum absolute atomic E-state index is 0.0795. The second kappa shape index (κ2) is 9.41. The van der Waals surface area contributed by atoms with Gasteiger partial charge in [0.15, 0.2) is 5.78 Å². The average molecular weight is 328 g/mol. The van der Waals surface area contributed by atoms with Crippen molar-refractivity contribution in [2.45, 2.75) is 71.6 Å². The summed E-state index contributed by atoms with van der Waals surface area (Å²) in [6, 6.07) is 7.84. The summed E-state index contributed by atoms with van der Waals surface area (Å²) in [6.45, 7) is 4.19. The predicted molar refractivity (Wildman–Crippen MR) is 96.4 cm³/mol. The molecule has 0 spiro atoms. The standard InChI is InChI=1S/C21H28O3/c1-3-4-5-6-7-11-20(23)24-19-10-8-9-18(22)21(19)17-14-12-16(2)13-15-17/h12-15H,3-11H2,1-2H3. The Hall–Kier alpha value is -1.90. The van der Waals surface area contributed by atoms with E-state index in [0.717, 1.165) is 30.4 Å². The van der Waals surface area contributed by atoms with Crippen LogP contribution in [-0.2, 0) is 14.3 Å². The van der Waals surface area contributed by atoms with Gasteiger partial charge in [0.25, 0.3) is 0 Å². The summed E-state index contributed by atoms with van der Waals surface area (Å²) >= 11 is 0. The number of hydrogen-bond donors (Lipinski definition) is 0. The molecule has 0 saturated carbocycles. The van der Waals surface area contributed by atoms with Crippen LogP contribution in [0.4, 0.5) is 0 Å². The van der Waals surface area contributed by atoms with E-state index in [1.165, 1.54) is 19.3 Å². The number of ether oxygens (including phenoxy) is 1. The molecule has 0 atom stereocenters.